The van der Waals surface area contributed by atoms with Gasteiger partial charge in [0.1, 0.15) is 29.1 Å². The van der Waals surface area contributed by atoms with Crippen molar-refractivity contribution in [2.75, 3.05) is 36.5 Å². The molecule has 1 N–H and O–H groups in total. The zero-order valence-corrected chi connectivity index (χ0v) is 16.7. The first kappa shape index (κ1) is 18.6. The largest absolute Gasteiger partial charge is 0.376 e. The van der Waals surface area contributed by atoms with Crippen molar-refractivity contribution >= 4 is 23.0 Å². The summed E-state index contributed by atoms with van der Waals surface area (Å²) in [6.45, 7) is 7.51. The van der Waals surface area contributed by atoms with E-state index >= 15 is 0 Å². The fourth-order valence-electron chi connectivity index (χ4n) is 3.80. The highest BCUT2D eigenvalue weighted by Gasteiger charge is 2.29. The van der Waals surface area contributed by atoms with Crippen LogP contribution in [0.25, 0.3) is 0 Å². The maximum Gasteiger partial charge on any atom is 0.134 e. The fraction of sp³-hybridized carbons (Fsp3) is 0.632. The van der Waals surface area contributed by atoms with Crippen LogP contribution in [0.3, 0.4) is 0 Å². The molecule has 7 nitrogen and oxygen atoms in total. The molecule has 0 amide bonds. The highest BCUT2D eigenvalue weighted by molar-refractivity contribution is 7.09. The molecule has 0 bridgehead atoms. The molecule has 0 aliphatic carbocycles. The topological polar surface area (TPSA) is 72.4 Å². The number of rotatable bonds is 5. The molecule has 8 heteroatoms. The van der Waals surface area contributed by atoms with E-state index in [-0.39, 0.29) is 18.2 Å². The van der Waals surface area contributed by atoms with E-state index in [1.807, 2.05) is 17.6 Å². The second-order valence-corrected chi connectivity index (χ2v) is 8.34. The Bertz CT molecular complexity index is 727. The Kier molecular flexibility index (Phi) is 5.85. The standard InChI is InChI=1S/C19H27N5O2S/c1-13(2)18-14(4-3-7-26-18)23-16-10-17(22-12-21-16)24-6-8-25-15(11-24)19-20-5-9-27-19/h5,9-10,12-15,18H,3-4,6-8,11H2,1-2H3,(H,21,22,23)/t14-,15-,18+/m1/s1. The highest BCUT2D eigenvalue weighted by atomic mass is 32.1. The summed E-state index contributed by atoms with van der Waals surface area (Å²) in [4.78, 5) is 15.6. The number of ether oxygens (including phenoxy) is 2. The molecule has 2 aliphatic rings. The maximum atomic E-state index is 5.99. The van der Waals surface area contributed by atoms with Crippen LogP contribution >= 0.6 is 11.3 Å². The third-order valence-corrected chi connectivity index (χ3v) is 5.99. The van der Waals surface area contributed by atoms with Crippen LogP contribution in [0, 0.1) is 5.92 Å². The van der Waals surface area contributed by atoms with Crippen LogP contribution in [0.15, 0.2) is 24.0 Å². The van der Waals surface area contributed by atoms with E-state index < -0.39 is 0 Å². The van der Waals surface area contributed by atoms with Crippen LogP contribution in [0.2, 0.25) is 0 Å². The minimum atomic E-state index is 0.00203. The molecule has 0 aromatic carbocycles. The molecular formula is C19H27N5O2S. The number of hydrogen-bond acceptors (Lipinski definition) is 8. The minimum Gasteiger partial charge on any atom is -0.376 e. The summed E-state index contributed by atoms with van der Waals surface area (Å²) in [6, 6.07) is 2.32. The minimum absolute atomic E-state index is 0.00203. The molecule has 0 radical (unpaired) electrons. The number of hydrogen-bond donors (Lipinski definition) is 1. The van der Waals surface area contributed by atoms with Gasteiger partial charge in [-0.15, -0.1) is 11.3 Å². The van der Waals surface area contributed by atoms with E-state index in [9.17, 15) is 0 Å². The summed E-state index contributed by atoms with van der Waals surface area (Å²) in [5, 5.41) is 6.59. The second-order valence-electron chi connectivity index (χ2n) is 7.41. The third-order valence-electron chi connectivity index (χ3n) is 5.13. The molecule has 2 saturated heterocycles. The fourth-order valence-corrected chi connectivity index (χ4v) is 4.48. The molecule has 27 heavy (non-hydrogen) atoms. The number of nitrogens with one attached hydrogen (secondary N) is 1. The van der Waals surface area contributed by atoms with Crippen LogP contribution in [0.1, 0.15) is 37.8 Å². The van der Waals surface area contributed by atoms with Crippen molar-refractivity contribution in [2.45, 2.75) is 44.9 Å². The molecule has 2 aromatic rings. The second kappa shape index (κ2) is 8.50. The number of anilines is 2. The van der Waals surface area contributed by atoms with Crippen molar-refractivity contribution in [3.05, 3.63) is 29.0 Å². The molecule has 0 spiro atoms. The predicted molar refractivity (Wildman–Crippen MR) is 106 cm³/mol. The Morgan fingerprint density at radius 2 is 2.15 bits per heavy atom. The van der Waals surface area contributed by atoms with Crippen LogP contribution < -0.4 is 10.2 Å². The third kappa shape index (κ3) is 4.39. The van der Waals surface area contributed by atoms with Gasteiger partial charge in [0, 0.05) is 30.8 Å². The average Bonchev–Trinajstić information content (AvgIpc) is 3.23. The SMILES string of the molecule is CC(C)[C@@H]1OCCC[C@H]1Nc1cc(N2CCO[C@@H](c3nccs3)C2)ncn1. The Morgan fingerprint density at radius 1 is 1.22 bits per heavy atom. The Balaban J connectivity index is 1.45. The van der Waals surface area contributed by atoms with E-state index in [1.54, 1.807) is 17.7 Å². The van der Waals surface area contributed by atoms with E-state index in [0.717, 1.165) is 49.2 Å². The summed E-state index contributed by atoms with van der Waals surface area (Å²) in [6.07, 6.45) is 5.87. The first-order chi connectivity index (χ1) is 13.2. The van der Waals surface area contributed by atoms with Crippen LogP contribution in [0.4, 0.5) is 11.6 Å². The summed E-state index contributed by atoms with van der Waals surface area (Å²) in [5.74, 6) is 2.26. The van der Waals surface area contributed by atoms with Crippen molar-refractivity contribution in [1.29, 1.82) is 0 Å². The normalized spacial score (nSPS) is 26.3. The van der Waals surface area contributed by atoms with Gasteiger partial charge in [0.05, 0.1) is 25.3 Å². The first-order valence-corrected chi connectivity index (χ1v) is 10.5. The zero-order chi connectivity index (χ0) is 18.6. The molecule has 3 atom stereocenters. The quantitative estimate of drug-likeness (QED) is 0.842. The molecular weight excluding hydrogens is 362 g/mol. The Labute approximate surface area is 164 Å². The van der Waals surface area contributed by atoms with Gasteiger partial charge in [-0.25, -0.2) is 15.0 Å². The number of thiazole rings is 1. The number of morpholine rings is 1. The van der Waals surface area contributed by atoms with Crippen LogP contribution in [0.5, 0.6) is 0 Å². The smallest absolute Gasteiger partial charge is 0.134 e. The van der Waals surface area contributed by atoms with Gasteiger partial charge in [0.15, 0.2) is 0 Å². The monoisotopic (exact) mass is 389 g/mol. The van der Waals surface area contributed by atoms with Crippen molar-refractivity contribution < 1.29 is 9.47 Å². The molecule has 146 valence electrons. The highest BCUT2D eigenvalue weighted by Crippen LogP contribution is 2.28. The maximum absolute atomic E-state index is 5.99. The Morgan fingerprint density at radius 3 is 2.96 bits per heavy atom. The molecule has 0 unspecified atom stereocenters. The molecule has 2 aliphatic heterocycles. The lowest BCUT2D eigenvalue weighted by atomic mass is 9.94. The summed E-state index contributed by atoms with van der Waals surface area (Å²) in [5.41, 5.74) is 0. The van der Waals surface area contributed by atoms with Crippen molar-refractivity contribution in [2.24, 2.45) is 5.92 Å². The van der Waals surface area contributed by atoms with Gasteiger partial charge >= 0.3 is 0 Å². The van der Waals surface area contributed by atoms with Gasteiger partial charge in [-0.3, -0.25) is 0 Å². The van der Waals surface area contributed by atoms with E-state index in [2.05, 4.69) is 39.0 Å². The van der Waals surface area contributed by atoms with Crippen molar-refractivity contribution in [3.8, 4) is 0 Å². The summed E-state index contributed by atoms with van der Waals surface area (Å²) >= 11 is 1.63. The van der Waals surface area contributed by atoms with Crippen LogP contribution in [-0.2, 0) is 9.47 Å². The predicted octanol–water partition coefficient (Wildman–Crippen LogP) is 3.13. The zero-order valence-electron chi connectivity index (χ0n) is 15.9. The lowest BCUT2D eigenvalue weighted by Gasteiger charge is -2.35. The number of nitrogens with zero attached hydrogens (tertiary/aromatic N) is 4. The lowest BCUT2D eigenvalue weighted by Crippen LogP contribution is -2.43. The van der Waals surface area contributed by atoms with E-state index in [0.29, 0.717) is 12.5 Å². The van der Waals surface area contributed by atoms with E-state index in [1.165, 1.54) is 0 Å². The molecule has 2 aromatic heterocycles. The molecule has 4 rings (SSSR count). The van der Waals surface area contributed by atoms with Gasteiger partial charge < -0.3 is 19.7 Å². The molecule has 2 fully saturated rings. The van der Waals surface area contributed by atoms with Gasteiger partial charge in [-0.1, -0.05) is 13.8 Å². The first-order valence-electron chi connectivity index (χ1n) is 9.67. The van der Waals surface area contributed by atoms with Crippen LogP contribution in [-0.4, -0.2) is 53.4 Å². The van der Waals surface area contributed by atoms with Gasteiger partial charge in [0.25, 0.3) is 0 Å². The molecule has 0 saturated carbocycles. The van der Waals surface area contributed by atoms with Crippen molar-refractivity contribution in [3.63, 3.8) is 0 Å². The van der Waals surface area contributed by atoms with Gasteiger partial charge in [-0.2, -0.15) is 0 Å². The lowest BCUT2D eigenvalue weighted by molar-refractivity contribution is -0.0203. The average molecular weight is 390 g/mol. The summed E-state index contributed by atoms with van der Waals surface area (Å²) in [7, 11) is 0. The number of aromatic nitrogens is 3. The van der Waals surface area contributed by atoms with Gasteiger partial charge in [-0.05, 0) is 18.8 Å². The summed E-state index contributed by atoms with van der Waals surface area (Å²) < 4.78 is 11.9. The molecule has 4 heterocycles. The van der Waals surface area contributed by atoms with Crippen molar-refractivity contribution in [1.82, 2.24) is 15.0 Å². The Hall–Kier alpha value is -1.77. The van der Waals surface area contributed by atoms with Gasteiger partial charge in [0.2, 0.25) is 0 Å². The van der Waals surface area contributed by atoms with E-state index in [4.69, 9.17) is 9.47 Å².